The Hall–Kier alpha value is -2.90. The minimum atomic E-state index is 0.0646. The molecule has 0 spiro atoms. The molecule has 0 aromatic carbocycles. The number of H-pyrrole nitrogens is 1. The molecule has 8 heteroatoms. The summed E-state index contributed by atoms with van der Waals surface area (Å²) in [6.45, 7) is 6.94. The van der Waals surface area contributed by atoms with Gasteiger partial charge in [0.05, 0.1) is 5.69 Å². The van der Waals surface area contributed by atoms with Gasteiger partial charge in [0.25, 0.3) is 6.01 Å². The molecule has 2 aliphatic heterocycles. The molecule has 0 saturated carbocycles. The molecule has 8 nitrogen and oxygen atoms in total. The maximum absolute atomic E-state index is 13.0. The van der Waals surface area contributed by atoms with E-state index >= 15 is 0 Å². The Bertz CT molecular complexity index is 1030. The first kappa shape index (κ1) is 17.2. The molecule has 0 unspecified atom stereocenters. The smallest absolute Gasteiger partial charge is 0.299 e. The molecule has 5 rings (SSSR count). The van der Waals surface area contributed by atoms with Crippen LogP contribution in [0.25, 0.3) is 11.2 Å². The van der Waals surface area contributed by atoms with E-state index in [1.807, 2.05) is 30.9 Å². The van der Waals surface area contributed by atoms with Gasteiger partial charge in [-0.25, -0.2) is 4.98 Å². The van der Waals surface area contributed by atoms with Crippen molar-refractivity contribution in [2.45, 2.75) is 39.7 Å². The molecule has 0 bridgehead atoms. The molecule has 1 fully saturated rings. The van der Waals surface area contributed by atoms with Gasteiger partial charge in [0.2, 0.25) is 11.6 Å². The van der Waals surface area contributed by atoms with Gasteiger partial charge in [-0.2, -0.15) is 10.1 Å². The zero-order valence-corrected chi connectivity index (χ0v) is 16.2. The van der Waals surface area contributed by atoms with E-state index in [0.717, 1.165) is 56.0 Å². The van der Waals surface area contributed by atoms with E-state index in [1.165, 1.54) is 5.56 Å². The quantitative estimate of drug-likeness (QED) is 0.734. The number of hydrogen-bond acceptors (Lipinski definition) is 6. The summed E-state index contributed by atoms with van der Waals surface area (Å²) in [6.07, 6.45) is 2.47. The topological polar surface area (TPSA) is 91.2 Å². The SMILES string of the molecule is Cc1ccc2oc(N3CCC(C(=O)N4CCc5n[nH]c(C)c5C4)CC3)nc2n1. The van der Waals surface area contributed by atoms with Crippen LogP contribution in [0.4, 0.5) is 6.01 Å². The van der Waals surface area contributed by atoms with Gasteiger partial charge >= 0.3 is 0 Å². The lowest BCUT2D eigenvalue weighted by Gasteiger charge is -2.34. The largest absolute Gasteiger partial charge is 0.422 e. The van der Waals surface area contributed by atoms with Crippen LogP contribution in [-0.2, 0) is 17.8 Å². The minimum absolute atomic E-state index is 0.0646. The van der Waals surface area contributed by atoms with E-state index in [1.54, 1.807) is 0 Å². The number of hydrogen-bond donors (Lipinski definition) is 1. The summed E-state index contributed by atoms with van der Waals surface area (Å²) in [4.78, 5) is 26.1. The third-order valence-electron chi connectivity index (χ3n) is 5.93. The van der Waals surface area contributed by atoms with E-state index in [0.29, 0.717) is 23.8 Å². The molecule has 5 heterocycles. The zero-order chi connectivity index (χ0) is 19.3. The van der Waals surface area contributed by atoms with Crippen molar-refractivity contribution in [3.8, 4) is 0 Å². The summed E-state index contributed by atoms with van der Waals surface area (Å²) in [5.41, 5.74) is 5.64. The lowest BCUT2D eigenvalue weighted by Crippen LogP contribution is -2.44. The van der Waals surface area contributed by atoms with Crippen molar-refractivity contribution in [3.63, 3.8) is 0 Å². The molecular formula is C20H24N6O2. The van der Waals surface area contributed by atoms with Crippen molar-refractivity contribution in [3.05, 3.63) is 34.8 Å². The van der Waals surface area contributed by atoms with Crippen LogP contribution in [0, 0.1) is 19.8 Å². The number of nitrogens with one attached hydrogen (secondary N) is 1. The van der Waals surface area contributed by atoms with E-state index in [-0.39, 0.29) is 11.8 Å². The number of rotatable bonds is 2. The van der Waals surface area contributed by atoms with Gasteiger partial charge in [-0.05, 0) is 38.8 Å². The number of aromatic nitrogens is 4. The zero-order valence-electron chi connectivity index (χ0n) is 16.2. The minimum Gasteiger partial charge on any atom is -0.422 e. The van der Waals surface area contributed by atoms with E-state index in [2.05, 4.69) is 25.1 Å². The molecule has 3 aromatic rings. The Morgan fingerprint density at radius 1 is 1.18 bits per heavy atom. The molecule has 3 aromatic heterocycles. The van der Waals surface area contributed by atoms with Crippen molar-refractivity contribution in [1.29, 1.82) is 0 Å². The van der Waals surface area contributed by atoms with Gasteiger partial charge in [0, 0.05) is 55.5 Å². The van der Waals surface area contributed by atoms with Crippen molar-refractivity contribution < 1.29 is 9.21 Å². The Labute approximate surface area is 162 Å². The van der Waals surface area contributed by atoms with Gasteiger partial charge in [0.1, 0.15) is 0 Å². The predicted molar refractivity (Wildman–Crippen MR) is 104 cm³/mol. The fourth-order valence-electron chi connectivity index (χ4n) is 4.23. The van der Waals surface area contributed by atoms with E-state index in [9.17, 15) is 4.79 Å². The first-order valence-electron chi connectivity index (χ1n) is 9.89. The molecule has 146 valence electrons. The van der Waals surface area contributed by atoms with Crippen molar-refractivity contribution in [1.82, 2.24) is 25.1 Å². The first-order valence-corrected chi connectivity index (χ1v) is 9.89. The first-order chi connectivity index (χ1) is 13.6. The molecule has 1 N–H and O–H groups in total. The van der Waals surface area contributed by atoms with Crippen LogP contribution in [0.1, 0.15) is 35.5 Å². The highest BCUT2D eigenvalue weighted by Gasteiger charge is 2.32. The number of anilines is 1. The molecule has 1 saturated heterocycles. The predicted octanol–water partition coefficient (Wildman–Crippen LogP) is 2.36. The van der Waals surface area contributed by atoms with Gasteiger partial charge in [-0.3, -0.25) is 9.89 Å². The standard InChI is InChI=1S/C20H24N6O2/c1-12-3-4-17-18(21-12)22-20(28-17)25-8-5-14(6-9-25)19(27)26-10-7-16-15(11-26)13(2)23-24-16/h3-4,14H,5-11H2,1-2H3,(H,23,24). The number of aromatic amines is 1. The normalized spacial score (nSPS) is 17.9. The summed E-state index contributed by atoms with van der Waals surface area (Å²) >= 11 is 0. The van der Waals surface area contributed by atoms with Crippen molar-refractivity contribution >= 4 is 23.2 Å². The van der Waals surface area contributed by atoms with Gasteiger partial charge in [-0.15, -0.1) is 0 Å². The lowest BCUT2D eigenvalue weighted by molar-refractivity contribution is -0.137. The Morgan fingerprint density at radius 2 is 2.00 bits per heavy atom. The summed E-state index contributed by atoms with van der Waals surface area (Å²) in [5.74, 6) is 0.329. The van der Waals surface area contributed by atoms with Crippen molar-refractivity contribution in [2.75, 3.05) is 24.5 Å². The average Bonchev–Trinajstić information content (AvgIpc) is 3.30. The number of carbonyl (C=O) groups is 1. The average molecular weight is 380 g/mol. The van der Waals surface area contributed by atoms with E-state index < -0.39 is 0 Å². The molecule has 28 heavy (non-hydrogen) atoms. The van der Waals surface area contributed by atoms with Crippen LogP contribution >= 0.6 is 0 Å². The molecule has 0 radical (unpaired) electrons. The Balaban J connectivity index is 1.24. The van der Waals surface area contributed by atoms with Crippen LogP contribution in [0.5, 0.6) is 0 Å². The second kappa shape index (κ2) is 6.61. The van der Waals surface area contributed by atoms with Crippen molar-refractivity contribution in [2.24, 2.45) is 5.92 Å². The third kappa shape index (κ3) is 2.93. The fraction of sp³-hybridized carbons (Fsp3) is 0.500. The van der Waals surface area contributed by atoms with Crippen LogP contribution in [0.3, 0.4) is 0 Å². The highest BCUT2D eigenvalue weighted by molar-refractivity contribution is 5.79. The second-order valence-corrected chi connectivity index (χ2v) is 7.82. The highest BCUT2D eigenvalue weighted by atomic mass is 16.4. The number of pyridine rings is 1. The summed E-state index contributed by atoms with van der Waals surface area (Å²) in [5, 5.41) is 7.38. The maximum atomic E-state index is 13.0. The molecule has 1 amide bonds. The maximum Gasteiger partial charge on any atom is 0.299 e. The molecule has 2 aliphatic rings. The van der Waals surface area contributed by atoms with Gasteiger partial charge < -0.3 is 14.2 Å². The number of nitrogens with zero attached hydrogens (tertiary/aromatic N) is 5. The highest BCUT2D eigenvalue weighted by Crippen LogP contribution is 2.28. The number of piperidine rings is 1. The van der Waals surface area contributed by atoms with Crippen LogP contribution in [0.15, 0.2) is 16.5 Å². The Kier molecular flexibility index (Phi) is 4.07. The fourth-order valence-corrected chi connectivity index (χ4v) is 4.23. The number of oxazole rings is 1. The molecular weight excluding hydrogens is 356 g/mol. The summed E-state index contributed by atoms with van der Waals surface area (Å²) in [7, 11) is 0. The summed E-state index contributed by atoms with van der Waals surface area (Å²) in [6, 6.07) is 4.44. The number of amides is 1. The van der Waals surface area contributed by atoms with E-state index in [4.69, 9.17) is 4.42 Å². The number of fused-ring (bicyclic) bond motifs is 2. The number of aryl methyl sites for hydroxylation is 2. The van der Waals surface area contributed by atoms with Gasteiger partial charge in [0.15, 0.2) is 5.58 Å². The number of carbonyl (C=O) groups excluding carboxylic acids is 1. The third-order valence-corrected chi connectivity index (χ3v) is 5.93. The molecule has 0 atom stereocenters. The summed E-state index contributed by atoms with van der Waals surface area (Å²) < 4.78 is 5.86. The monoisotopic (exact) mass is 380 g/mol. The van der Waals surface area contributed by atoms with Gasteiger partial charge in [-0.1, -0.05) is 0 Å². The molecule has 0 aliphatic carbocycles. The lowest BCUT2D eigenvalue weighted by atomic mass is 9.94. The van der Waals surface area contributed by atoms with Crippen LogP contribution in [0.2, 0.25) is 0 Å². The Morgan fingerprint density at radius 3 is 2.82 bits per heavy atom. The van der Waals surface area contributed by atoms with Crippen LogP contribution < -0.4 is 4.90 Å². The second-order valence-electron chi connectivity index (χ2n) is 7.82. The van der Waals surface area contributed by atoms with Crippen LogP contribution in [-0.4, -0.2) is 50.6 Å².